The van der Waals surface area contributed by atoms with Crippen LogP contribution in [0.25, 0.3) is 0 Å². The Balaban J connectivity index is 1.78. The maximum absolute atomic E-state index is 11.6. The van der Waals surface area contributed by atoms with Crippen molar-refractivity contribution in [1.82, 2.24) is 4.90 Å². The van der Waals surface area contributed by atoms with E-state index in [1.165, 1.54) is 25.7 Å². The number of carbonyl (C=O) groups is 1. The molecule has 4 unspecified atom stereocenters. The Morgan fingerprint density at radius 3 is 2.78 bits per heavy atom. The van der Waals surface area contributed by atoms with E-state index in [0.29, 0.717) is 30.4 Å². The molecule has 0 aromatic heterocycles. The fraction of sp³-hybridized carbons (Fsp3) is 0.929. The number of nitrogens with zero attached hydrogens (tertiary/aromatic N) is 1. The predicted molar refractivity (Wildman–Crippen MR) is 67.3 cm³/mol. The molecule has 1 saturated heterocycles. The Kier molecular flexibility index (Phi) is 3.32. The monoisotopic (exact) mass is 253 g/mol. The minimum Gasteiger partial charge on any atom is -0.480 e. The van der Waals surface area contributed by atoms with Gasteiger partial charge in [-0.3, -0.25) is 9.69 Å². The maximum Gasteiger partial charge on any atom is 0.321 e. The third kappa shape index (κ3) is 2.05. The molecule has 0 spiro atoms. The second-order valence-electron chi connectivity index (χ2n) is 6.19. The van der Waals surface area contributed by atoms with Gasteiger partial charge in [-0.15, -0.1) is 0 Å². The van der Waals surface area contributed by atoms with Crippen LogP contribution in [0.2, 0.25) is 0 Å². The molecule has 102 valence electrons. The van der Waals surface area contributed by atoms with Crippen LogP contribution in [0.4, 0.5) is 0 Å². The van der Waals surface area contributed by atoms with E-state index in [1.54, 1.807) is 7.11 Å². The molecular weight excluding hydrogens is 230 g/mol. The summed E-state index contributed by atoms with van der Waals surface area (Å²) in [6.45, 7) is 1.67. The number of aliphatic carboxylic acids is 1. The van der Waals surface area contributed by atoms with Crippen molar-refractivity contribution in [3.63, 3.8) is 0 Å². The van der Waals surface area contributed by atoms with E-state index in [4.69, 9.17) is 4.74 Å². The second-order valence-corrected chi connectivity index (χ2v) is 6.19. The minimum absolute atomic E-state index is 0.252. The van der Waals surface area contributed by atoms with Gasteiger partial charge in [0.05, 0.1) is 6.61 Å². The van der Waals surface area contributed by atoms with Gasteiger partial charge >= 0.3 is 5.97 Å². The van der Waals surface area contributed by atoms with Gasteiger partial charge < -0.3 is 9.84 Å². The predicted octanol–water partition coefficient (Wildman–Crippen LogP) is 1.60. The number of hydrogen-bond acceptors (Lipinski definition) is 3. The molecule has 2 aliphatic carbocycles. The van der Waals surface area contributed by atoms with Crippen LogP contribution in [0.5, 0.6) is 0 Å². The summed E-state index contributed by atoms with van der Waals surface area (Å²) in [6.07, 6.45) is 6.02. The molecule has 0 amide bonds. The Hall–Kier alpha value is -0.610. The lowest BCUT2D eigenvalue weighted by molar-refractivity contribution is -0.145. The number of ether oxygens (including phenoxy) is 1. The lowest BCUT2D eigenvalue weighted by atomic mass is 9.94. The Bertz CT molecular complexity index is 329. The Morgan fingerprint density at radius 1 is 1.39 bits per heavy atom. The minimum atomic E-state index is -0.619. The quantitative estimate of drug-likeness (QED) is 0.808. The maximum atomic E-state index is 11.6. The first kappa shape index (κ1) is 12.4. The summed E-state index contributed by atoms with van der Waals surface area (Å²) in [5.74, 6) is 1.06. The fourth-order valence-corrected chi connectivity index (χ4v) is 4.16. The van der Waals surface area contributed by atoms with Gasteiger partial charge in [0.2, 0.25) is 0 Å². The smallest absolute Gasteiger partial charge is 0.321 e. The average molecular weight is 253 g/mol. The van der Waals surface area contributed by atoms with Crippen LogP contribution in [-0.4, -0.2) is 48.3 Å². The molecule has 0 aromatic rings. The van der Waals surface area contributed by atoms with Gasteiger partial charge in [-0.25, -0.2) is 0 Å². The molecule has 4 heteroatoms. The van der Waals surface area contributed by atoms with Crippen LogP contribution in [0.3, 0.4) is 0 Å². The summed E-state index contributed by atoms with van der Waals surface area (Å²) in [5, 5.41) is 9.57. The first-order valence-electron chi connectivity index (χ1n) is 7.20. The van der Waals surface area contributed by atoms with E-state index < -0.39 is 5.97 Å². The number of hydrogen-bond donors (Lipinski definition) is 1. The van der Waals surface area contributed by atoms with Crippen molar-refractivity contribution < 1.29 is 14.6 Å². The Morgan fingerprint density at radius 2 is 2.17 bits per heavy atom. The van der Waals surface area contributed by atoms with Crippen LogP contribution in [-0.2, 0) is 9.53 Å². The van der Waals surface area contributed by atoms with E-state index in [1.807, 2.05) is 0 Å². The van der Waals surface area contributed by atoms with Crippen molar-refractivity contribution in [2.24, 2.45) is 17.8 Å². The van der Waals surface area contributed by atoms with E-state index in [9.17, 15) is 9.90 Å². The van der Waals surface area contributed by atoms with Gasteiger partial charge in [0.15, 0.2) is 0 Å². The first-order chi connectivity index (χ1) is 8.72. The van der Waals surface area contributed by atoms with Crippen LogP contribution in [0, 0.1) is 17.8 Å². The lowest BCUT2D eigenvalue weighted by Gasteiger charge is -2.32. The van der Waals surface area contributed by atoms with Crippen LogP contribution < -0.4 is 0 Å². The summed E-state index contributed by atoms with van der Waals surface area (Å²) in [6, 6.07) is 0.0833. The zero-order chi connectivity index (χ0) is 12.7. The summed E-state index contributed by atoms with van der Waals surface area (Å²) in [4.78, 5) is 13.9. The highest BCUT2D eigenvalue weighted by molar-refractivity contribution is 5.74. The summed E-state index contributed by atoms with van der Waals surface area (Å²) in [5.41, 5.74) is 0. The van der Waals surface area contributed by atoms with Gasteiger partial charge in [-0.2, -0.15) is 0 Å². The van der Waals surface area contributed by atoms with Gasteiger partial charge in [0.1, 0.15) is 6.04 Å². The fourth-order valence-electron chi connectivity index (χ4n) is 4.16. The topological polar surface area (TPSA) is 49.8 Å². The molecule has 0 bridgehead atoms. The molecule has 1 heterocycles. The van der Waals surface area contributed by atoms with E-state index in [2.05, 4.69) is 4.90 Å². The molecule has 3 fully saturated rings. The van der Waals surface area contributed by atoms with Crippen molar-refractivity contribution in [2.75, 3.05) is 20.3 Å². The molecule has 18 heavy (non-hydrogen) atoms. The summed E-state index contributed by atoms with van der Waals surface area (Å²) < 4.78 is 5.33. The van der Waals surface area contributed by atoms with Gasteiger partial charge in [-0.1, -0.05) is 6.42 Å². The highest BCUT2D eigenvalue weighted by Crippen LogP contribution is 2.46. The molecular formula is C14H23NO3. The van der Waals surface area contributed by atoms with E-state index in [0.717, 1.165) is 13.0 Å². The highest BCUT2D eigenvalue weighted by atomic mass is 16.5. The molecule has 3 aliphatic rings. The number of rotatable bonds is 5. The molecule has 4 atom stereocenters. The highest BCUT2D eigenvalue weighted by Gasteiger charge is 2.52. The summed E-state index contributed by atoms with van der Waals surface area (Å²) in [7, 11) is 1.72. The van der Waals surface area contributed by atoms with Crippen molar-refractivity contribution in [3.8, 4) is 0 Å². The first-order valence-corrected chi connectivity index (χ1v) is 7.20. The third-order valence-corrected chi connectivity index (χ3v) is 5.11. The molecule has 4 nitrogen and oxygen atoms in total. The van der Waals surface area contributed by atoms with Gasteiger partial charge in [0, 0.05) is 19.7 Å². The number of fused-ring (bicyclic) bond motifs is 1. The largest absolute Gasteiger partial charge is 0.480 e. The number of carboxylic acids is 1. The van der Waals surface area contributed by atoms with Crippen LogP contribution in [0.1, 0.15) is 32.1 Å². The molecule has 0 radical (unpaired) electrons. The number of methoxy groups -OCH3 is 1. The molecule has 1 aliphatic heterocycles. The number of carboxylic acid groups (broad SMARTS) is 1. The average Bonchev–Trinajstić information content (AvgIpc) is 2.94. The zero-order valence-electron chi connectivity index (χ0n) is 11.0. The standard InChI is InChI=1S/C14H23NO3/c1-18-8-12(9-5-6-9)15-7-10-3-2-4-11(10)13(15)14(16)17/h9-13H,2-8H2,1H3,(H,16,17). The van der Waals surface area contributed by atoms with Crippen molar-refractivity contribution >= 4 is 5.97 Å². The van der Waals surface area contributed by atoms with Crippen LogP contribution >= 0.6 is 0 Å². The number of likely N-dealkylation sites (tertiary alicyclic amines) is 1. The lowest BCUT2D eigenvalue weighted by Crippen LogP contribution is -2.48. The second kappa shape index (κ2) is 4.82. The van der Waals surface area contributed by atoms with Crippen molar-refractivity contribution in [2.45, 2.75) is 44.2 Å². The molecule has 1 N–H and O–H groups in total. The summed E-state index contributed by atoms with van der Waals surface area (Å²) >= 11 is 0. The van der Waals surface area contributed by atoms with E-state index in [-0.39, 0.29) is 6.04 Å². The normalized spacial score (nSPS) is 37.7. The van der Waals surface area contributed by atoms with Crippen molar-refractivity contribution in [1.29, 1.82) is 0 Å². The molecule has 0 aromatic carbocycles. The van der Waals surface area contributed by atoms with Gasteiger partial charge in [-0.05, 0) is 43.4 Å². The van der Waals surface area contributed by atoms with Crippen molar-refractivity contribution in [3.05, 3.63) is 0 Å². The van der Waals surface area contributed by atoms with E-state index >= 15 is 0 Å². The molecule has 2 saturated carbocycles. The third-order valence-electron chi connectivity index (χ3n) is 5.11. The zero-order valence-corrected chi connectivity index (χ0v) is 11.0. The molecule has 3 rings (SSSR count). The SMILES string of the molecule is COCC(C1CC1)N1CC2CCCC2C1C(=O)O. The van der Waals surface area contributed by atoms with Gasteiger partial charge in [0.25, 0.3) is 0 Å². The van der Waals surface area contributed by atoms with Crippen LogP contribution in [0.15, 0.2) is 0 Å². The Labute approximate surface area is 108 Å².